The molecular weight excluding hydrogens is 234 g/mol. The first kappa shape index (κ1) is 16.8. The third kappa shape index (κ3) is 6.32. The van der Waals surface area contributed by atoms with Crippen LogP contribution < -0.4 is 0 Å². The highest BCUT2D eigenvalue weighted by Gasteiger charge is 2.27. The van der Waals surface area contributed by atoms with Crippen LogP contribution in [0.25, 0.3) is 0 Å². The normalized spacial score (nSPS) is 15.9. The number of nitrogens with zero attached hydrogens (tertiary/aromatic N) is 1. The van der Waals surface area contributed by atoms with Crippen LogP contribution in [0, 0.1) is 5.41 Å². The van der Waals surface area contributed by atoms with Crippen LogP contribution in [-0.4, -0.2) is 40.2 Å². The molecule has 0 saturated carbocycles. The van der Waals surface area contributed by atoms with Gasteiger partial charge in [-0.15, -0.1) is 11.8 Å². The lowest BCUT2D eigenvalue weighted by Gasteiger charge is -2.35. The summed E-state index contributed by atoms with van der Waals surface area (Å²) in [6.07, 6.45) is 4.04. The van der Waals surface area contributed by atoms with E-state index in [-0.39, 0.29) is 5.41 Å². The van der Waals surface area contributed by atoms with Gasteiger partial charge in [-0.3, -0.25) is 9.69 Å². The molecule has 3 nitrogen and oxygen atoms in total. The molecule has 2 unspecified atom stereocenters. The van der Waals surface area contributed by atoms with Gasteiger partial charge in [-0.05, 0) is 31.4 Å². The van der Waals surface area contributed by atoms with Gasteiger partial charge in [0.05, 0.1) is 5.37 Å². The SMILES string of the molecule is CCC(SC)N(CCC(C)(C)C)C(C)C(=O)O. The van der Waals surface area contributed by atoms with Crippen LogP contribution >= 0.6 is 11.8 Å². The number of carbonyl (C=O) groups is 1. The van der Waals surface area contributed by atoms with E-state index in [1.54, 1.807) is 18.7 Å². The van der Waals surface area contributed by atoms with Gasteiger partial charge in [0.1, 0.15) is 6.04 Å². The molecule has 2 atom stereocenters. The molecule has 0 aromatic carbocycles. The maximum absolute atomic E-state index is 11.2. The zero-order chi connectivity index (χ0) is 13.6. The summed E-state index contributed by atoms with van der Waals surface area (Å²) in [4.78, 5) is 13.3. The van der Waals surface area contributed by atoms with Gasteiger partial charge >= 0.3 is 5.97 Å². The van der Waals surface area contributed by atoms with Crippen molar-refractivity contribution in [3.05, 3.63) is 0 Å². The molecule has 102 valence electrons. The molecule has 0 aromatic rings. The highest BCUT2D eigenvalue weighted by molar-refractivity contribution is 7.99. The minimum absolute atomic E-state index is 0.243. The molecule has 0 aliphatic rings. The first-order valence-corrected chi connectivity index (χ1v) is 7.53. The van der Waals surface area contributed by atoms with Crippen LogP contribution in [0.4, 0.5) is 0 Å². The summed E-state index contributed by atoms with van der Waals surface area (Å²) in [6, 6.07) is -0.408. The van der Waals surface area contributed by atoms with Gasteiger partial charge in [0.25, 0.3) is 0 Å². The van der Waals surface area contributed by atoms with Crippen LogP contribution in [0.1, 0.15) is 47.5 Å². The molecule has 0 aliphatic carbocycles. The Balaban J connectivity index is 4.67. The summed E-state index contributed by atoms with van der Waals surface area (Å²) in [5, 5.41) is 9.47. The summed E-state index contributed by atoms with van der Waals surface area (Å²) in [6.45, 7) is 11.3. The van der Waals surface area contributed by atoms with E-state index in [1.807, 2.05) is 6.26 Å². The number of hydrogen-bond donors (Lipinski definition) is 1. The molecule has 0 amide bonds. The first-order valence-electron chi connectivity index (χ1n) is 6.24. The monoisotopic (exact) mass is 261 g/mol. The largest absolute Gasteiger partial charge is 0.480 e. The minimum Gasteiger partial charge on any atom is -0.480 e. The zero-order valence-electron chi connectivity index (χ0n) is 12.0. The molecule has 0 rings (SSSR count). The average Bonchev–Trinajstić information content (AvgIpc) is 2.21. The van der Waals surface area contributed by atoms with Crippen molar-refractivity contribution in [2.45, 2.75) is 58.9 Å². The third-order valence-electron chi connectivity index (χ3n) is 2.97. The van der Waals surface area contributed by atoms with Crippen LogP contribution in [0.3, 0.4) is 0 Å². The highest BCUT2D eigenvalue weighted by Crippen LogP contribution is 2.24. The Bertz CT molecular complexity index is 234. The van der Waals surface area contributed by atoms with E-state index in [0.717, 1.165) is 19.4 Å². The first-order chi connectivity index (χ1) is 7.72. The van der Waals surface area contributed by atoms with Crippen molar-refractivity contribution in [1.82, 2.24) is 4.90 Å². The molecule has 1 N–H and O–H groups in total. The lowest BCUT2D eigenvalue weighted by Crippen LogP contribution is -2.45. The van der Waals surface area contributed by atoms with Crippen molar-refractivity contribution in [2.24, 2.45) is 5.41 Å². The molecule has 17 heavy (non-hydrogen) atoms. The number of carboxylic acid groups (broad SMARTS) is 1. The van der Waals surface area contributed by atoms with Crippen molar-refractivity contribution in [1.29, 1.82) is 0 Å². The van der Waals surface area contributed by atoms with Crippen LogP contribution in [0.5, 0.6) is 0 Å². The van der Waals surface area contributed by atoms with Crippen molar-refractivity contribution in [2.75, 3.05) is 12.8 Å². The summed E-state index contributed by atoms with van der Waals surface area (Å²) in [5.41, 5.74) is 0.243. The van der Waals surface area contributed by atoms with Gasteiger partial charge in [0, 0.05) is 6.54 Å². The van der Waals surface area contributed by atoms with Crippen LogP contribution in [-0.2, 0) is 4.79 Å². The Morgan fingerprint density at radius 2 is 1.94 bits per heavy atom. The second-order valence-electron chi connectivity index (χ2n) is 5.66. The molecule has 0 spiro atoms. The maximum atomic E-state index is 11.2. The fourth-order valence-electron chi connectivity index (χ4n) is 1.73. The fourth-order valence-corrected chi connectivity index (χ4v) is 2.62. The fraction of sp³-hybridized carbons (Fsp3) is 0.923. The smallest absolute Gasteiger partial charge is 0.320 e. The number of carboxylic acids is 1. The molecule has 0 radical (unpaired) electrons. The summed E-state index contributed by atoms with van der Waals surface area (Å²) < 4.78 is 0. The molecule has 0 bridgehead atoms. The molecular formula is C13H27NO2S. The van der Waals surface area contributed by atoms with Crippen molar-refractivity contribution in [3.63, 3.8) is 0 Å². The van der Waals surface area contributed by atoms with E-state index in [1.165, 1.54) is 0 Å². The highest BCUT2D eigenvalue weighted by atomic mass is 32.2. The predicted octanol–water partition coefficient (Wildman–Crippen LogP) is 3.30. The Hall–Kier alpha value is -0.220. The minimum atomic E-state index is -0.730. The van der Waals surface area contributed by atoms with E-state index in [0.29, 0.717) is 5.37 Å². The van der Waals surface area contributed by atoms with Gasteiger partial charge in [-0.25, -0.2) is 0 Å². The Morgan fingerprint density at radius 3 is 2.24 bits per heavy atom. The lowest BCUT2D eigenvalue weighted by atomic mass is 9.92. The summed E-state index contributed by atoms with van der Waals surface area (Å²) in [5.74, 6) is -0.730. The molecule has 0 saturated heterocycles. The molecule has 0 fully saturated rings. The Labute approximate surface area is 110 Å². The van der Waals surface area contributed by atoms with Crippen molar-refractivity contribution < 1.29 is 9.90 Å². The Kier molecular flexibility index (Phi) is 7.17. The predicted molar refractivity (Wildman–Crippen MR) is 75.5 cm³/mol. The standard InChI is InChI=1S/C13H27NO2S/c1-7-11(17-6)14(10(2)12(15)16)9-8-13(3,4)5/h10-11H,7-9H2,1-6H3,(H,15,16). The second kappa shape index (κ2) is 7.27. The number of thioether (sulfide) groups is 1. The van der Waals surface area contributed by atoms with E-state index in [2.05, 4.69) is 32.6 Å². The Morgan fingerprint density at radius 1 is 1.41 bits per heavy atom. The zero-order valence-corrected chi connectivity index (χ0v) is 12.8. The van der Waals surface area contributed by atoms with Gasteiger partial charge in [-0.1, -0.05) is 27.7 Å². The lowest BCUT2D eigenvalue weighted by molar-refractivity contribution is -0.143. The number of aliphatic carboxylic acids is 1. The molecule has 4 heteroatoms. The van der Waals surface area contributed by atoms with Gasteiger partial charge < -0.3 is 5.11 Å². The van der Waals surface area contributed by atoms with Gasteiger partial charge in [0.15, 0.2) is 0 Å². The third-order valence-corrected chi connectivity index (χ3v) is 4.11. The molecule has 0 aromatic heterocycles. The van der Waals surface area contributed by atoms with Crippen LogP contribution in [0.2, 0.25) is 0 Å². The second-order valence-corrected chi connectivity index (χ2v) is 6.68. The summed E-state index contributed by atoms with van der Waals surface area (Å²) in [7, 11) is 0. The van der Waals surface area contributed by atoms with E-state index >= 15 is 0 Å². The van der Waals surface area contributed by atoms with E-state index in [9.17, 15) is 9.90 Å². The van der Waals surface area contributed by atoms with E-state index in [4.69, 9.17) is 0 Å². The van der Waals surface area contributed by atoms with Crippen molar-refractivity contribution >= 4 is 17.7 Å². The van der Waals surface area contributed by atoms with Crippen molar-refractivity contribution in [3.8, 4) is 0 Å². The van der Waals surface area contributed by atoms with E-state index < -0.39 is 12.0 Å². The van der Waals surface area contributed by atoms with Gasteiger partial charge in [-0.2, -0.15) is 0 Å². The maximum Gasteiger partial charge on any atom is 0.320 e. The summed E-state index contributed by atoms with van der Waals surface area (Å²) >= 11 is 1.74. The topological polar surface area (TPSA) is 40.5 Å². The van der Waals surface area contributed by atoms with Gasteiger partial charge in [0.2, 0.25) is 0 Å². The number of rotatable bonds is 7. The average molecular weight is 261 g/mol. The number of hydrogen-bond acceptors (Lipinski definition) is 3. The molecule has 0 aliphatic heterocycles. The molecule has 0 heterocycles. The quantitative estimate of drug-likeness (QED) is 0.714. The van der Waals surface area contributed by atoms with Crippen LogP contribution in [0.15, 0.2) is 0 Å².